The molecule has 11 heavy (non-hydrogen) atoms. The summed E-state index contributed by atoms with van der Waals surface area (Å²) in [6.07, 6.45) is 2.23. The average Bonchev–Trinajstić information content (AvgIpc) is 2.27. The summed E-state index contributed by atoms with van der Waals surface area (Å²) in [6, 6.07) is 2.11. The Morgan fingerprint density at radius 3 is 3.00 bits per heavy atom. The number of aliphatic imine (C=N–C) groups is 1. The van der Waals surface area contributed by atoms with Gasteiger partial charge in [0, 0.05) is 17.1 Å². The van der Waals surface area contributed by atoms with E-state index in [-0.39, 0.29) is 0 Å². The van der Waals surface area contributed by atoms with E-state index >= 15 is 0 Å². The summed E-state index contributed by atoms with van der Waals surface area (Å²) in [6.45, 7) is 4.16. The van der Waals surface area contributed by atoms with Gasteiger partial charge in [-0.1, -0.05) is 0 Å². The fraction of sp³-hybridized carbons (Fsp3) is 0.444. The van der Waals surface area contributed by atoms with Crippen LogP contribution in [0.1, 0.15) is 24.7 Å². The number of aromatic nitrogens is 1. The second kappa shape index (κ2) is 2.22. The van der Waals surface area contributed by atoms with Gasteiger partial charge >= 0.3 is 0 Å². The third kappa shape index (κ3) is 1.09. The minimum atomic E-state index is 1.10. The van der Waals surface area contributed by atoms with Gasteiger partial charge < -0.3 is 4.98 Å². The highest BCUT2D eigenvalue weighted by Crippen LogP contribution is 2.25. The lowest BCUT2D eigenvalue weighted by Gasteiger charge is -2.07. The van der Waals surface area contributed by atoms with Crippen molar-refractivity contribution in [1.29, 1.82) is 0 Å². The highest BCUT2D eigenvalue weighted by atomic mass is 14.9. The van der Waals surface area contributed by atoms with Crippen LogP contribution in [0.25, 0.3) is 0 Å². The minimum Gasteiger partial charge on any atom is -0.361 e. The van der Waals surface area contributed by atoms with Crippen LogP contribution in [0.15, 0.2) is 11.1 Å². The maximum Gasteiger partial charge on any atom is 0.0838 e. The number of rotatable bonds is 0. The Kier molecular flexibility index (Phi) is 1.34. The second-order valence-corrected chi connectivity index (χ2v) is 3.16. The molecule has 58 valence electrons. The number of nitrogens with one attached hydrogen (secondary N) is 1. The summed E-state index contributed by atoms with van der Waals surface area (Å²) in [7, 11) is 0. The molecule has 0 aliphatic carbocycles. The summed E-state index contributed by atoms with van der Waals surface area (Å²) < 4.78 is 0. The van der Waals surface area contributed by atoms with Gasteiger partial charge in [-0.3, -0.25) is 4.99 Å². The van der Waals surface area contributed by atoms with Crippen molar-refractivity contribution in [1.82, 2.24) is 4.98 Å². The van der Waals surface area contributed by atoms with Gasteiger partial charge in [0.1, 0.15) is 0 Å². The number of fused-ring (bicyclic) bond motifs is 1. The van der Waals surface area contributed by atoms with E-state index in [0.717, 1.165) is 18.5 Å². The van der Waals surface area contributed by atoms with E-state index in [1.807, 2.05) is 0 Å². The number of aryl methyl sites for hydroxylation is 2. The van der Waals surface area contributed by atoms with E-state index in [2.05, 4.69) is 29.9 Å². The van der Waals surface area contributed by atoms with Gasteiger partial charge in [0.05, 0.1) is 5.69 Å². The van der Waals surface area contributed by atoms with Gasteiger partial charge in [0.2, 0.25) is 0 Å². The van der Waals surface area contributed by atoms with Crippen LogP contribution in [-0.2, 0) is 6.42 Å². The van der Waals surface area contributed by atoms with Crippen molar-refractivity contribution in [3.8, 4) is 0 Å². The Morgan fingerprint density at radius 2 is 2.18 bits per heavy atom. The molecule has 2 heterocycles. The van der Waals surface area contributed by atoms with Crippen LogP contribution >= 0.6 is 0 Å². The van der Waals surface area contributed by atoms with Crippen molar-refractivity contribution in [2.24, 2.45) is 4.99 Å². The van der Waals surface area contributed by atoms with Crippen LogP contribution in [0, 0.1) is 6.92 Å². The molecule has 0 aromatic carbocycles. The van der Waals surface area contributed by atoms with Crippen molar-refractivity contribution in [2.45, 2.75) is 26.7 Å². The molecule has 0 unspecified atom stereocenters. The summed E-state index contributed by atoms with van der Waals surface area (Å²) in [5.74, 6) is 0. The molecule has 2 heteroatoms. The van der Waals surface area contributed by atoms with Crippen LogP contribution in [-0.4, -0.2) is 10.7 Å². The smallest absolute Gasteiger partial charge is 0.0838 e. The predicted molar refractivity (Wildman–Crippen MR) is 46.6 cm³/mol. The maximum atomic E-state index is 4.45. The number of H-pyrrole nitrogens is 1. The van der Waals surface area contributed by atoms with Crippen LogP contribution in [0.2, 0.25) is 0 Å². The standard InChI is InChI=1S/C9H12N2/c1-6-3-4-8-9(10-6)5-7(2)11-8/h5,11H,3-4H2,1-2H3. The quantitative estimate of drug-likeness (QED) is 0.585. The minimum absolute atomic E-state index is 1.10. The molecule has 1 aromatic heterocycles. The molecular formula is C9H12N2. The first-order valence-electron chi connectivity index (χ1n) is 3.98. The van der Waals surface area contributed by atoms with E-state index in [9.17, 15) is 0 Å². The van der Waals surface area contributed by atoms with Crippen LogP contribution in [0.4, 0.5) is 5.69 Å². The van der Waals surface area contributed by atoms with Crippen molar-refractivity contribution in [2.75, 3.05) is 0 Å². The first-order chi connectivity index (χ1) is 5.25. The normalized spacial score (nSPS) is 16.0. The molecule has 0 bridgehead atoms. The Morgan fingerprint density at radius 1 is 1.36 bits per heavy atom. The summed E-state index contributed by atoms with van der Waals surface area (Å²) in [5, 5.41) is 0. The largest absolute Gasteiger partial charge is 0.361 e. The third-order valence-corrected chi connectivity index (χ3v) is 2.06. The molecule has 0 radical (unpaired) electrons. The Balaban J connectivity index is 2.50. The third-order valence-electron chi connectivity index (χ3n) is 2.06. The molecule has 1 aliphatic rings. The van der Waals surface area contributed by atoms with Gasteiger partial charge in [-0.2, -0.15) is 0 Å². The molecule has 0 saturated carbocycles. The van der Waals surface area contributed by atoms with Crippen LogP contribution < -0.4 is 0 Å². The van der Waals surface area contributed by atoms with E-state index < -0.39 is 0 Å². The zero-order chi connectivity index (χ0) is 7.84. The van der Waals surface area contributed by atoms with Crippen molar-refractivity contribution < 1.29 is 0 Å². The van der Waals surface area contributed by atoms with Crippen molar-refractivity contribution in [3.63, 3.8) is 0 Å². The number of hydrogen-bond acceptors (Lipinski definition) is 1. The number of hydrogen-bond donors (Lipinski definition) is 1. The SMILES string of the molecule is CC1=Nc2cc(C)[nH]c2CC1. The monoisotopic (exact) mass is 148 g/mol. The summed E-state index contributed by atoms with van der Waals surface area (Å²) >= 11 is 0. The zero-order valence-corrected chi connectivity index (χ0v) is 6.94. The fourth-order valence-corrected chi connectivity index (χ4v) is 1.49. The topological polar surface area (TPSA) is 28.1 Å². The lowest BCUT2D eigenvalue weighted by Crippen LogP contribution is -2.00. The van der Waals surface area contributed by atoms with Crippen LogP contribution in [0.3, 0.4) is 0 Å². The number of aromatic amines is 1. The Bertz CT molecular complexity index is 307. The molecule has 0 atom stereocenters. The first-order valence-corrected chi connectivity index (χ1v) is 3.98. The van der Waals surface area contributed by atoms with Crippen molar-refractivity contribution in [3.05, 3.63) is 17.5 Å². The molecular weight excluding hydrogens is 136 g/mol. The molecule has 1 N–H and O–H groups in total. The van der Waals surface area contributed by atoms with E-state index in [0.29, 0.717) is 0 Å². The zero-order valence-electron chi connectivity index (χ0n) is 6.94. The highest BCUT2D eigenvalue weighted by molar-refractivity contribution is 5.86. The Labute approximate surface area is 66.4 Å². The van der Waals surface area contributed by atoms with Gasteiger partial charge in [-0.25, -0.2) is 0 Å². The first kappa shape index (κ1) is 6.65. The van der Waals surface area contributed by atoms with Crippen molar-refractivity contribution >= 4 is 11.4 Å². The highest BCUT2D eigenvalue weighted by Gasteiger charge is 2.10. The molecule has 2 nitrogen and oxygen atoms in total. The predicted octanol–water partition coefficient (Wildman–Crippen LogP) is 2.36. The molecule has 2 rings (SSSR count). The Hall–Kier alpha value is -1.05. The average molecular weight is 148 g/mol. The molecule has 0 amide bonds. The van der Waals surface area contributed by atoms with Gasteiger partial charge in [0.25, 0.3) is 0 Å². The fourth-order valence-electron chi connectivity index (χ4n) is 1.49. The van der Waals surface area contributed by atoms with Gasteiger partial charge in [-0.05, 0) is 32.8 Å². The van der Waals surface area contributed by atoms with E-state index in [1.54, 1.807) is 0 Å². The molecule has 0 saturated heterocycles. The lowest BCUT2D eigenvalue weighted by molar-refractivity contribution is 0.953. The summed E-state index contributed by atoms with van der Waals surface area (Å²) in [4.78, 5) is 7.76. The number of nitrogens with zero attached hydrogens (tertiary/aromatic N) is 1. The summed E-state index contributed by atoms with van der Waals surface area (Å²) in [5.41, 5.74) is 4.91. The second-order valence-electron chi connectivity index (χ2n) is 3.16. The van der Waals surface area contributed by atoms with Gasteiger partial charge in [0.15, 0.2) is 0 Å². The molecule has 1 aliphatic heterocycles. The lowest BCUT2D eigenvalue weighted by atomic mass is 10.1. The molecule has 0 fully saturated rings. The van der Waals surface area contributed by atoms with Crippen LogP contribution in [0.5, 0.6) is 0 Å². The molecule has 1 aromatic rings. The molecule has 0 spiro atoms. The maximum absolute atomic E-state index is 4.45. The van der Waals surface area contributed by atoms with Gasteiger partial charge in [-0.15, -0.1) is 0 Å². The van der Waals surface area contributed by atoms with E-state index in [1.165, 1.54) is 17.1 Å². The van der Waals surface area contributed by atoms with E-state index in [4.69, 9.17) is 0 Å².